The predicted octanol–water partition coefficient (Wildman–Crippen LogP) is 4.93. The molecule has 0 saturated heterocycles. The minimum absolute atomic E-state index is 0.0303. The van der Waals surface area contributed by atoms with Gasteiger partial charge in [-0.2, -0.15) is 0 Å². The number of esters is 1. The number of nitrogens with one attached hydrogen (secondary N) is 3. The number of pyridine rings is 1. The number of allylic oxidation sites excluding steroid dienone is 2. The van der Waals surface area contributed by atoms with Crippen molar-refractivity contribution in [1.29, 1.82) is 0 Å². The zero-order valence-corrected chi connectivity index (χ0v) is 27.1. The maximum atomic E-state index is 13.6. The summed E-state index contributed by atoms with van der Waals surface area (Å²) in [5.41, 5.74) is 1.51. The lowest BCUT2D eigenvalue weighted by atomic mass is 9.68. The predicted molar refractivity (Wildman–Crippen MR) is 178 cm³/mol. The number of para-hydroxylation sites is 1. The third kappa shape index (κ3) is 7.73. The van der Waals surface area contributed by atoms with Crippen molar-refractivity contribution in [1.82, 2.24) is 15.2 Å². The Morgan fingerprint density at radius 2 is 1.98 bits per heavy atom. The van der Waals surface area contributed by atoms with Crippen LogP contribution in [0.15, 0.2) is 75.6 Å². The number of amides is 3. The van der Waals surface area contributed by atoms with Crippen LogP contribution in [0.1, 0.15) is 74.4 Å². The second kappa shape index (κ2) is 14.7. The Morgan fingerprint density at radius 1 is 1.17 bits per heavy atom. The third-order valence-corrected chi connectivity index (χ3v) is 9.14. The van der Waals surface area contributed by atoms with Crippen molar-refractivity contribution in [2.45, 2.75) is 83.3 Å². The van der Waals surface area contributed by atoms with Gasteiger partial charge in [-0.25, -0.2) is 4.79 Å². The minimum atomic E-state index is -1.09. The van der Waals surface area contributed by atoms with E-state index < -0.39 is 29.4 Å². The molecule has 2 aliphatic carbocycles. The molecule has 1 aromatic carbocycles. The van der Waals surface area contributed by atoms with Crippen LogP contribution in [0.3, 0.4) is 0 Å². The van der Waals surface area contributed by atoms with Crippen molar-refractivity contribution in [3.63, 3.8) is 0 Å². The molecule has 0 radical (unpaired) electrons. The molecule has 3 amide bonds. The molecular weight excluding hydrogens is 600 g/mol. The molecule has 2 heterocycles. The highest BCUT2D eigenvalue weighted by atomic mass is 16.5. The number of rotatable bonds is 11. The van der Waals surface area contributed by atoms with Crippen molar-refractivity contribution in [3.8, 4) is 0 Å². The number of fused-ring (bicyclic) bond motifs is 2. The first-order valence-corrected chi connectivity index (χ1v) is 16.1. The van der Waals surface area contributed by atoms with E-state index in [-0.39, 0.29) is 42.3 Å². The van der Waals surface area contributed by atoms with Gasteiger partial charge in [0.05, 0.1) is 12.6 Å². The topological polar surface area (TPSA) is 149 Å². The molecule has 0 aliphatic heterocycles. The first-order chi connectivity index (χ1) is 22.6. The van der Waals surface area contributed by atoms with Gasteiger partial charge in [0.25, 0.3) is 11.5 Å². The number of carbonyl (C=O) groups excluding carboxylic acids is 4. The molecule has 47 heavy (non-hydrogen) atoms. The number of aromatic nitrogens is 1. The average molecular weight is 643 g/mol. The van der Waals surface area contributed by atoms with Gasteiger partial charge < -0.3 is 29.7 Å². The Kier molecular flexibility index (Phi) is 10.4. The standard InChI is InChI=1S/C36H42N4O7/c1-23-17-18-25-11-8-9-19-36(25,21-23)39-30(41)22-40-20-10-14-28(35(40)45)38-33(43)27(13-5-7-16-31(42)46-3)37-34(44)32-24(2)26-12-4-6-15-29(26)47-32/h4,6-7,10-12,14-16,20,23,27H,5,8-9,13,17-19,21-22H2,1-3H3,(H,37,44)(H,38,43)(H,39,41)/b16-7+. The molecule has 3 unspecified atom stereocenters. The molecule has 1 fully saturated rings. The first-order valence-electron chi connectivity index (χ1n) is 16.1. The number of hydrogen-bond acceptors (Lipinski definition) is 7. The van der Waals surface area contributed by atoms with Gasteiger partial charge in [0, 0.05) is 23.2 Å². The molecule has 5 rings (SSSR count). The molecule has 11 nitrogen and oxygen atoms in total. The number of furan rings is 1. The fraction of sp³-hybridized carbons (Fsp3) is 0.417. The summed E-state index contributed by atoms with van der Waals surface area (Å²) in [6.45, 7) is 3.77. The number of aryl methyl sites for hydroxylation is 1. The number of hydrogen-bond donors (Lipinski definition) is 3. The summed E-state index contributed by atoms with van der Waals surface area (Å²) in [7, 11) is 1.26. The fourth-order valence-corrected chi connectivity index (χ4v) is 6.73. The van der Waals surface area contributed by atoms with Crippen molar-refractivity contribution in [3.05, 3.63) is 88.1 Å². The van der Waals surface area contributed by atoms with Crippen LogP contribution in [-0.2, 0) is 25.7 Å². The summed E-state index contributed by atoms with van der Waals surface area (Å²) < 4.78 is 11.7. The van der Waals surface area contributed by atoms with Gasteiger partial charge in [-0.3, -0.25) is 19.2 Å². The summed E-state index contributed by atoms with van der Waals surface area (Å²) in [6.07, 6.45) is 12.8. The Balaban J connectivity index is 1.30. The number of anilines is 1. The van der Waals surface area contributed by atoms with Gasteiger partial charge >= 0.3 is 5.97 Å². The van der Waals surface area contributed by atoms with Crippen LogP contribution >= 0.6 is 0 Å². The maximum Gasteiger partial charge on any atom is 0.330 e. The van der Waals surface area contributed by atoms with E-state index in [9.17, 15) is 24.0 Å². The Morgan fingerprint density at radius 3 is 2.77 bits per heavy atom. The number of methoxy groups -OCH3 is 1. The van der Waals surface area contributed by atoms with Gasteiger partial charge in [-0.05, 0) is 88.0 Å². The first kappa shape index (κ1) is 33.4. The van der Waals surface area contributed by atoms with Crippen LogP contribution in [0, 0.1) is 12.8 Å². The molecule has 3 N–H and O–H groups in total. The van der Waals surface area contributed by atoms with Crippen LogP contribution in [0.25, 0.3) is 11.0 Å². The molecule has 3 atom stereocenters. The lowest BCUT2D eigenvalue weighted by Gasteiger charge is -2.45. The third-order valence-electron chi connectivity index (χ3n) is 9.14. The molecule has 2 aromatic heterocycles. The smallest absolute Gasteiger partial charge is 0.330 e. The zero-order chi connectivity index (χ0) is 33.6. The van der Waals surface area contributed by atoms with Crippen LogP contribution in [0.2, 0.25) is 0 Å². The average Bonchev–Trinajstić information content (AvgIpc) is 3.40. The Bertz CT molecular complexity index is 1780. The SMILES string of the molecule is COC(=O)/C=C/CCC(NC(=O)c1oc2ccccc2c1C)C(=O)Nc1cccn(CC(=O)NC23CCCC=C2CCC(C)C3)c1=O. The molecular formula is C36H42N4O7. The number of carbonyl (C=O) groups is 4. The van der Waals surface area contributed by atoms with Crippen molar-refractivity contribution < 1.29 is 28.3 Å². The van der Waals surface area contributed by atoms with Crippen LogP contribution in [-0.4, -0.2) is 46.9 Å². The van der Waals surface area contributed by atoms with Crippen molar-refractivity contribution in [2.24, 2.45) is 5.92 Å². The van der Waals surface area contributed by atoms with Gasteiger partial charge in [-0.15, -0.1) is 0 Å². The van der Waals surface area contributed by atoms with E-state index in [2.05, 4.69) is 33.7 Å². The number of benzene rings is 1. The normalized spacial score (nSPS) is 19.8. The Hall–Kier alpha value is -4.93. The second-order valence-electron chi connectivity index (χ2n) is 12.5. The molecule has 0 spiro atoms. The van der Waals surface area contributed by atoms with Gasteiger partial charge in [0.15, 0.2) is 5.76 Å². The fourth-order valence-electron chi connectivity index (χ4n) is 6.73. The summed E-state index contributed by atoms with van der Waals surface area (Å²) in [6, 6.07) is 9.19. The number of ether oxygens (including phenoxy) is 1. The monoisotopic (exact) mass is 642 g/mol. The molecule has 11 heteroatoms. The van der Waals surface area contributed by atoms with E-state index in [1.807, 2.05) is 12.1 Å². The maximum absolute atomic E-state index is 13.6. The molecule has 3 aromatic rings. The molecule has 248 valence electrons. The lowest BCUT2D eigenvalue weighted by Crippen LogP contribution is -2.54. The number of nitrogens with zero attached hydrogens (tertiary/aromatic N) is 1. The lowest BCUT2D eigenvalue weighted by molar-refractivity contribution is -0.134. The summed E-state index contributed by atoms with van der Waals surface area (Å²) in [5.74, 6) is -1.47. The van der Waals surface area contributed by atoms with Crippen molar-refractivity contribution >= 4 is 40.3 Å². The summed E-state index contributed by atoms with van der Waals surface area (Å²) >= 11 is 0. The molecule has 0 bridgehead atoms. The van der Waals surface area contributed by atoms with Crippen LogP contribution in [0.5, 0.6) is 0 Å². The van der Waals surface area contributed by atoms with Crippen LogP contribution in [0.4, 0.5) is 5.69 Å². The second-order valence-corrected chi connectivity index (χ2v) is 12.5. The quantitative estimate of drug-likeness (QED) is 0.153. The van der Waals surface area contributed by atoms with E-state index in [1.165, 1.54) is 41.7 Å². The zero-order valence-electron chi connectivity index (χ0n) is 27.1. The highest BCUT2D eigenvalue weighted by Crippen LogP contribution is 2.42. The van der Waals surface area contributed by atoms with E-state index in [1.54, 1.807) is 25.1 Å². The highest BCUT2D eigenvalue weighted by Gasteiger charge is 2.41. The van der Waals surface area contributed by atoms with Gasteiger partial charge in [-0.1, -0.05) is 37.3 Å². The van der Waals surface area contributed by atoms with E-state index in [0.29, 0.717) is 17.1 Å². The van der Waals surface area contributed by atoms with Crippen LogP contribution < -0.4 is 21.5 Å². The summed E-state index contributed by atoms with van der Waals surface area (Å²) in [4.78, 5) is 65.1. The van der Waals surface area contributed by atoms with E-state index in [4.69, 9.17) is 4.42 Å². The van der Waals surface area contributed by atoms with Gasteiger partial charge in [0.2, 0.25) is 11.8 Å². The Labute approximate surface area is 273 Å². The van der Waals surface area contributed by atoms with Gasteiger partial charge in [0.1, 0.15) is 23.9 Å². The van der Waals surface area contributed by atoms with Crippen molar-refractivity contribution in [2.75, 3.05) is 12.4 Å². The summed E-state index contributed by atoms with van der Waals surface area (Å²) in [5, 5.41) is 9.41. The molecule has 2 aliphatic rings. The van der Waals surface area contributed by atoms with E-state index >= 15 is 0 Å². The largest absolute Gasteiger partial charge is 0.466 e. The van der Waals surface area contributed by atoms with E-state index in [0.717, 1.165) is 43.9 Å². The highest BCUT2D eigenvalue weighted by molar-refractivity contribution is 6.03. The molecule has 1 saturated carbocycles. The minimum Gasteiger partial charge on any atom is -0.466 e.